The topological polar surface area (TPSA) is 206 Å². The number of thioether (sulfide) groups is 1. The summed E-state index contributed by atoms with van der Waals surface area (Å²) in [4.78, 5) is 91.2. The van der Waals surface area contributed by atoms with E-state index in [1.165, 1.54) is 31.2 Å². The molecule has 4 aromatic carbocycles. The summed E-state index contributed by atoms with van der Waals surface area (Å²) in [6.45, 7) is -1.17. The van der Waals surface area contributed by atoms with Crippen LogP contribution in [0.25, 0.3) is 0 Å². The number of esters is 2. The van der Waals surface area contributed by atoms with E-state index in [0.29, 0.717) is 33.2 Å². The Morgan fingerprint density at radius 2 is 1.32 bits per heavy atom. The molecule has 1 heterocycles. The summed E-state index contributed by atoms with van der Waals surface area (Å²) in [6.07, 6.45) is -4.61. The van der Waals surface area contributed by atoms with Crippen molar-refractivity contribution in [3.05, 3.63) is 131 Å². The number of non-ortho nitro benzene ring substituents is 1. The van der Waals surface area contributed by atoms with Gasteiger partial charge in [-0.3, -0.25) is 34.2 Å². The summed E-state index contributed by atoms with van der Waals surface area (Å²) in [5.41, 5.74) is 0.0126. The fourth-order valence-corrected chi connectivity index (χ4v) is 11.9. The van der Waals surface area contributed by atoms with Crippen molar-refractivity contribution in [2.24, 2.45) is 5.92 Å². The first-order valence-corrected chi connectivity index (χ1v) is 20.0. The number of hydrogen-bond donors (Lipinski definition) is 1. The number of nitrogens with zero attached hydrogens (tertiary/aromatic N) is 2. The zero-order valence-electron chi connectivity index (χ0n) is 30.8. The van der Waals surface area contributed by atoms with E-state index in [4.69, 9.17) is 18.9 Å². The van der Waals surface area contributed by atoms with Crippen LogP contribution in [0, 0.1) is 16.0 Å². The van der Waals surface area contributed by atoms with Gasteiger partial charge in [0.15, 0.2) is 11.9 Å². The molecule has 0 aliphatic carbocycles. The number of rotatable bonds is 15. The van der Waals surface area contributed by atoms with Crippen LogP contribution in [0.1, 0.15) is 26.3 Å². The third kappa shape index (κ3) is 9.31. The minimum absolute atomic E-state index is 0.166. The van der Waals surface area contributed by atoms with E-state index < -0.39 is 77.0 Å². The van der Waals surface area contributed by atoms with E-state index in [0.717, 1.165) is 18.7 Å². The Hall–Kier alpha value is -6.09. The second-order valence-electron chi connectivity index (χ2n) is 12.5. The van der Waals surface area contributed by atoms with Crippen LogP contribution in [-0.4, -0.2) is 79.6 Å². The lowest BCUT2D eigenvalue weighted by molar-refractivity contribution is -0.384. The van der Waals surface area contributed by atoms with E-state index >= 15 is 0 Å². The van der Waals surface area contributed by atoms with Gasteiger partial charge in [0.2, 0.25) is 17.8 Å². The molecule has 1 aliphatic rings. The SMILES string of the molecule is CC(=O)OCOC(=O)C(N1C(=O)C(C(C)OC(=O)OCc2ccc([N+](=O)[O-])cc2)[C@@H]1SC(=O)C(O)C(C)=O)=P(c1ccccc1)(c1ccccc1)c1ccccc1. The number of ketones is 1. The van der Waals surface area contributed by atoms with Gasteiger partial charge in [-0.2, -0.15) is 0 Å². The van der Waals surface area contributed by atoms with Crippen molar-refractivity contribution in [3.63, 3.8) is 0 Å². The first kappa shape index (κ1) is 42.1. The number of nitro groups is 1. The number of nitro benzene ring substituents is 1. The number of β-lactam (4-membered cyclic amide) rings is 1. The molecule has 0 radical (unpaired) electrons. The molecule has 1 aliphatic heterocycles. The standard InChI is InChI=1S/C40H37N2O13PS/c1-25(43)34(45)39(48)57-37-33(26(2)55-40(49)52-23-28-19-21-29(22-20-28)42(50)51)35(46)41(37)36(38(47)54-24-53-27(3)44)56(30-13-7-4-8-14-30,31-15-9-5-10-16-31)32-17-11-6-12-18-32/h4-22,26,33-34,37,45H,23-24H2,1-3H3/t26?,33?,34?,37-/m0/s1. The highest BCUT2D eigenvalue weighted by Crippen LogP contribution is 2.51. The predicted octanol–water partition coefficient (Wildman–Crippen LogP) is 3.82. The third-order valence-corrected chi connectivity index (χ3v) is 14.3. The van der Waals surface area contributed by atoms with E-state index in [9.17, 15) is 44.0 Å². The van der Waals surface area contributed by atoms with Crippen molar-refractivity contribution in [2.45, 2.75) is 45.0 Å². The van der Waals surface area contributed by atoms with Crippen molar-refractivity contribution in [2.75, 3.05) is 6.79 Å². The van der Waals surface area contributed by atoms with Crippen LogP contribution in [0.5, 0.6) is 0 Å². The number of hydrogen-bond acceptors (Lipinski definition) is 14. The van der Waals surface area contributed by atoms with Gasteiger partial charge in [0.05, 0.1) is 4.92 Å². The monoisotopic (exact) mass is 816 g/mol. The molecular formula is C40H37N2O13PS. The van der Waals surface area contributed by atoms with Crippen molar-refractivity contribution < 1.29 is 57.7 Å². The largest absolute Gasteiger partial charge is 0.508 e. The normalized spacial score (nSPS) is 15.9. The van der Waals surface area contributed by atoms with Crippen molar-refractivity contribution >= 4 is 80.6 Å². The van der Waals surface area contributed by atoms with Gasteiger partial charge in [-0.15, -0.1) is 0 Å². The fraction of sp³-hybridized carbons (Fsp3) is 0.225. The zero-order chi connectivity index (χ0) is 41.3. The number of likely N-dealkylation sites (tertiary alicyclic amines) is 1. The van der Waals surface area contributed by atoms with Crippen molar-refractivity contribution in [3.8, 4) is 0 Å². The molecule has 0 saturated carbocycles. The van der Waals surface area contributed by atoms with Gasteiger partial charge < -0.3 is 24.1 Å². The highest BCUT2D eigenvalue weighted by Gasteiger charge is 2.58. The van der Waals surface area contributed by atoms with E-state index in [1.807, 2.05) is 0 Å². The molecule has 5 rings (SSSR count). The second-order valence-corrected chi connectivity index (χ2v) is 17.0. The van der Waals surface area contributed by atoms with E-state index in [-0.39, 0.29) is 17.7 Å². The highest BCUT2D eigenvalue weighted by atomic mass is 32.2. The maximum Gasteiger partial charge on any atom is 0.508 e. The van der Waals surface area contributed by atoms with Gasteiger partial charge in [0.1, 0.15) is 29.4 Å². The number of carbonyl (C=O) groups is 6. The maximum absolute atomic E-state index is 14.7. The number of Topliss-reactive ketones (excluding diaryl/α,β-unsaturated/α-hetero) is 1. The molecule has 57 heavy (non-hydrogen) atoms. The highest BCUT2D eigenvalue weighted by molar-refractivity contribution is 8.14. The summed E-state index contributed by atoms with van der Waals surface area (Å²) < 4.78 is 21.2. The van der Waals surface area contributed by atoms with Crippen LogP contribution in [0.15, 0.2) is 115 Å². The second kappa shape index (κ2) is 18.7. The molecule has 3 unspecified atom stereocenters. The molecule has 1 N–H and O–H groups in total. The van der Waals surface area contributed by atoms with E-state index in [1.54, 1.807) is 91.0 Å². The average molecular weight is 817 g/mol. The lowest BCUT2D eigenvalue weighted by Gasteiger charge is -2.50. The van der Waals surface area contributed by atoms with Gasteiger partial charge in [-0.25, -0.2) is 9.59 Å². The number of carbonyl (C=O) groups excluding carboxylic acids is 6. The molecule has 296 valence electrons. The van der Waals surface area contributed by atoms with E-state index in [2.05, 4.69) is 0 Å². The quantitative estimate of drug-likeness (QED) is 0.0345. The van der Waals surface area contributed by atoms with Crippen LogP contribution >= 0.6 is 18.6 Å². The molecule has 0 spiro atoms. The van der Waals surface area contributed by atoms with Crippen LogP contribution in [0.3, 0.4) is 0 Å². The van der Waals surface area contributed by atoms with Crippen molar-refractivity contribution in [1.82, 2.24) is 4.90 Å². The van der Waals surface area contributed by atoms with Crippen LogP contribution < -0.4 is 15.9 Å². The predicted molar refractivity (Wildman–Crippen MR) is 210 cm³/mol. The smallest absolute Gasteiger partial charge is 0.430 e. The summed E-state index contributed by atoms with van der Waals surface area (Å²) in [6, 6.07) is 31.8. The Morgan fingerprint density at radius 1 is 0.807 bits per heavy atom. The average Bonchev–Trinajstić information content (AvgIpc) is 3.20. The van der Waals surface area contributed by atoms with Gasteiger partial charge in [-0.05, 0) is 47.5 Å². The Kier molecular flexibility index (Phi) is 13.8. The summed E-state index contributed by atoms with van der Waals surface area (Å²) >= 11 is 0.400. The number of ether oxygens (including phenoxy) is 4. The Morgan fingerprint density at radius 3 is 1.77 bits per heavy atom. The Labute approximate surface area is 331 Å². The number of aliphatic hydroxyl groups is 1. The summed E-state index contributed by atoms with van der Waals surface area (Å²) in [5, 5.41) is 20.9. The van der Waals surface area contributed by atoms with Crippen LogP contribution in [0.2, 0.25) is 0 Å². The summed E-state index contributed by atoms with van der Waals surface area (Å²) in [5.74, 6) is -4.81. The van der Waals surface area contributed by atoms with Gasteiger partial charge >= 0.3 is 18.1 Å². The third-order valence-electron chi connectivity index (χ3n) is 8.83. The fourth-order valence-electron chi connectivity index (χ4n) is 6.13. The van der Waals surface area contributed by atoms with Gasteiger partial charge in [-0.1, -0.05) is 103 Å². The number of benzene rings is 4. The molecule has 17 heteroatoms. The molecular weight excluding hydrogens is 779 g/mol. The number of aliphatic hydroxyl groups excluding tert-OH is 1. The summed E-state index contributed by atoms with van der Waals surface area (Å²) in [7, 11) is 0. The number of amides is 1. The first-order chi connectivity index (χ1) is 27.3. The molecule has 4 aromatic rings. The maximum atomic E-state index is 14.7. The van der Waals surface area contributed by atoms with Crippen molar-refractivity contribution in [1.29, 1.82) is 0 Å². The zero-order valence-corrected chi connectivity index (χ0v) is 32.5. The molecule has 1 fully saturated rings. The Balaban J connectivity index is 1.67. The van der Waals surface area contributed by atoms with Crippen LogP contribution in [0.4, 0.5) is 10.5 Å². The van der Waals surface area contributed by atoms with Gasteiger partial charge in [0, 0.05) is 25.9 Å². The lowest BCUT2D eigenvalue weighted by Crippen LogP contribution is -2.67. The minimum atomic E-state index is -3.53. The Bertz CT molecular complexity index is 2100. The molecule has 1 saturated heterocycles. The molecule has 0 bridgehead atoms. The van der Waals surface area contributed by atoms with Crippen LogP contribution in [-0.2, 0) is 49.5 Å². The first-order valence-electron chi connectivity index (χ1n) is 17.3. The lowest BCUT2D eigenvalue weighted by atomic mass is 9.92. The molecule has 1 amide bonds. The minimum Gasteiger partial charge on any atom is -0.430 e. The molecule has 15 nitrogen and oxygen atoms in total. The van der Waals surface area contributed by atoms with Gasteiger partial charge in [0.25, 0.3) is 5.69 Å². The molecule has 0 aromatic heterocycles. The molecule has 4 atom stereocenters.